The van der Waals surface area contributed by atoms with Gasteiger partial charge in [0.2, 0.25) is 18.6 Å². The van der Waals surface area contributed by atoms with Crippen molar-refractivity contribution in [2.75, 3.05) is 12.1 Å². The highest BCUT2D eigenvalue weighted by atomic mass is 32.2. The molecule has 1 saturated heterocycles. The molecule has 4 saturated carbocycles. The van der Waals surface area contributed by atoms with Crippen molar-refractivity contribution >= 4 is 68.7 Å². The Morgan fingerprint density at radius 3 is 2.51 bits per heavy atom. The number of benzene rings is 2. The number of thiocarbonyl (C=S) groups is 1. The van der Waals surface area contributed by atoms with Crippen LogP contribution in [0.5, 0.6) is 11.5 Å². The number of carbonyl (C=O) groups is 3. The number of aromatic nitrogens is 1. The van der Waals surface area contributed by atoms with Crippen LogP contribution in [0, 0.1) is 23.2 Å². The standard InChI is InChI=1S/C32H30N4O5S2/c37-28(33-22-5-6-25-26(11-22)41-17-40-25)16-35-15-21(23-3-1-2-4-24(23)35)10-27-29(38)36(31(42)43-27)34-30(39)32-12-18-7-19(13-32)9-20(8-18)14-32/h1-6,10-11,15,18-20H,7-9,12-14,16-17H2,(H,33,37)(H,34,39)/b27-10-. The van der Waals surface area contributed by atoms with Crippen molar-refractivity contribution in [3.8, 4) is 11.5 Å². The van der Waals surface area contributed by atoms with Gasteiger partial charge < -0.3 is 19.4 Å². The predicted molar refractivity (Wildman–Crippen MR) is 167 cm³/mol. The Morgan fingerprint density at radius 2 is 1.74 bits per heavy atom. The van der Waals surface area contributed by atoms with Gasteiger partial charge in [0.05, 0.1) is 10.3 Å². The predicted octanol–water partition coefficient (Wildman–Crippen LogP) is 5.46. The monoisotopic (exact) mass is 614 g/mol. The molecule has 2 aromatic carbocycles. The summed E-state index contributed by atoms with van der Waals surface area (Å²) in [6.07, 6.45) is 10.1. The van der Waals surface area contributed by atoms with Crippen LogP contribution < -0.4 is 20.2 Å². The number of amides is 3. The van der Waals surface area contributed by atoms with Crippen LogP contribution in [0.1, 0.15) is 44.1 Å². The Bertz CT molecular complexity index is 1710. The Hall–Kier alpha value is -3.83. The highest BCUT2D eigenvalue weighted by molar-refractivity contribution is 8.26. The topological polar surface area (TPSA) is 102 Å². The fourth-order valence-corrected chi connectivity index (χ4v) is 9.34. The number of anilines is 1. The van der Waals surface area contributed by atoms with Crippen molar-refractivity contribution in [1.82, 2.24) is 15.0 Å². The van der Waals surface area contributed by atoms with Crippen molar-refractivity contribution in [2.45, 2.75) is 45.1 Å². The largest absolute Gasteiger partial charge is 0.454 e. The van der Waals surface area contributed by atoms with Gasteiger partial charge in [0.25, 0.3) is 5.91 Å². The van der Waals surface area contributed by atoms with Gasteiger partial charge in [-0.2, -0.15) is 5.01 Å². The minimum absolute atomic E-state index is 0.0609. The molecule has 43 heavy (non-hydrogen) atoms. The molecular formula is C32H30N4O5S2. The fourth-order valence-electron chi connectivity index (χ4n) is 8.16. The molecule has 6 aliphatic rings. The second-order valence-electron chi connectivity index (χ2n) is 12.5. The number of hydrogen-bond acceptors (Lipinski definition) is 7. The molecular weight excluding hydrogens is 585 g/mol. The van der Waals surface area contributed by atoms with Gasteiger partial charge in [0, 0.05) is 34.4 Å². The lowest BCUT2D eigenvalue weighted by atomic mass is 9.49. The number of nitrogens with one attached hydrogen (secondary N) is 2. The number of ether oxygens (including phenoxy) is 2. The van der Waals surface area contributed by atoms with E-state index < -0.39 is 0 Å². The van der Waals surface area contributed by atoms with E-state index >= 15 is 0 Å². The third-order valence-electron chi connectivity index (χ3n) is 9.60. The molecule has 2 N–H and O–H groups in total. The number of thioether (sulfide) groups is 1. The molecule has 0 spiro atoms. The molecule has 3 amide bonds. The van der Waals surface area contributed by atoms with Gasteiger partial charge in [0.15, 0.2) is 15.8 Å². The second kappa shape index (κ2) is 10.1. The van der Waals surface area contributed by atoms with E-state index in [1.54, 1.807) is 24.3 Å². The van der Waals surface area contributed by atoms with Crippen molar-refractivity contribution in [3.63, 3.8) is 0 Å². The Kier molecular flexibility index (Phi) is 6.30. The van der Waals surface area contributed by atoms with Crippen LogP contribution in [-0.2, 0) is 20.9 Å². The molecule has 220 valence electrons. The van der Waals surface area contributed by atoms with E-state index in [2.05, 4.69) is 10.7 Å². The van der Waals surface area contributed by atoms with Crippen LogP contribution >= 0.6 is 24.0 Å². The maximum absolute atomic E-state index is 13.6. The molecule has 5 fully saturated rings. The molecule has 11 heteroatoms. The highest BCUT2D eigenvalue weighted by Gasteiger charge is 2.55. The van der Waals surface area contributed by atoms with Gasteiger partial charge in [-0.25, -0.2) is 0 Å². The lowest BCUT2D eigenvalue weighted by Crippen LogP contribution is -2.57. The van der Waals surface area contributed by atoms with Crippen LogP contribution in [0.4, 0.5) is 5.69 Å². The molecule has 0 unspecified atom stereocenters. The molecule has 0 radical (unpaired) electrons. The third-order valence-corrected chi connectivity index (χ3v) is 10.9. The van der Waals surface area contributed by atoms with Gasteiger partial charge in [-0.1, -0.05) is 30.0 Å². The zero-order valence-electron chi connectivity index (χ0n) is 23.3. The molecule has 3 heterocycles. The van der Waals surface area contributed by atoms with E-state index in [0.29, 0.717) is 44.2 Å². The molecule has 0 atom stereocenters. The van der Waals surface area contributed by atoms with Gasteiger partial charge in [-0.15, -0.1) is 0 Å². The number of fused-ring (bicyclic) bond motifs is 2. The number of nitrogens with zero attached hydrogens (tertiary/aromatic N) is 2. The average molecular weight is 615 g/mol. The summed E-state index contributed by atoms with van der Waals surface area (Å²) in [5, 5.41) is 5.08. The number of carbonyl (C=O) groups excluding carboxylic acids is 3. The first-order chi connectivity index (χ1) is 20.8. The summed E-state index contributed by atoms with van der Waals surface area (Å²) in [6.45, 7) is 0.239. The minimum atomic E-state index is -0.379. The lowest BCUT2D eigenvalue weighted by molar-refractivity contribution is -0.152. The summed E-state index contributed by atoms with van der Waals surface area (Å²) >= 11 is 6.74. The first-order valence-corrected chi connectivity index (χ1v) is 15.9. The molecule has 4 bridgehead atoms. The quantitative estimate of drug-likeness (QED) is 0.281. The molecule has 9 nitrogen and oxygen atoms in total. The zero-order chi connectivity index (χ0) is 29.3. The van der Waals surface area contributed by atoms with Crippen molar-refractivity contribution in [2.24, 2.45) is 23.2 Å². The number of rotatable bonds is 6. The smallest absolute Gasteiger partial charge is 0.285 e. The van der Waals surface area contributed by atoms with Crippen LogP contribution in [0.25, 0.3) is 17.0 Å². The van der Waals surface area contributed by atoms with Crippen LogP contribution in [0.3, 0.4) is 0 Å². The SMILES string of the molecule is O=C(Cn1cc(/C=C2\SC(=S)N(NC(=O)C34CC5CC(CC(C5)C3)C4)C2=O)c2ccccc21)Nc1ccc2c(c1)OCO2. The van der Waals surface area contributed by atoms with Crippen molar-refractivity contribution in [1.29, 1.82) is 0 Å². The van der Waals surface area contributed by atoms with Crippen molar-refractivity contribution in [3.05, 3.63) is 59.1 Å². The van der Waals surface area contributed by atoms with Crippen molar-refractivity contribution < 1.29 is 23.9 Å². The summed E-state index contributed by atoms with van der Waals surface area (Å²) in [6, 6.07) is 13.0. The number of para-hydroxylation sites is 1. The van der Waals surface area contributed by atoms with Crippen LogP contribution in [0.15, 0.2) is 53.6 Å². The third kappa shape index (κ3) is 4.69. The van der Waals surface area contributed by atoms with E-state index in [0.717, 1.165) is 35.7 Å². The summed E-state index contributed by atoms with van der Waals surface area (Å²) in [5.74, 6) is 2.53. The molecule has 2 aliphatic heterocycles. The number of hydrazine groups is 1. The van der Waals surface area contributed by atoms with E-state index in [1.807, 2.05) is 35.0 Å². The summed E-state index contributed by atoms with van der Waals surface area (Å²) in [5.41, 5.74) is 4.82. The Balaban J connectivity index is 1.00. The van der Waals surface area contributed by atoms with Crippen LogP contribution in [0.2, 0.25) is 0 Å². The zero-order valence-corrected chi connectivity index (χ0v) is 25.0. The minimum Gasteiger partial charge on any atom is -0.454 e. The maximum atomic E-state index is 13.6. The van der Waals surface area contributed by atoms with Crippen LogP contribution in [-0.4, -0.2) is 38.4 Å². The highest BCUT2D eigenvalue weighted by Crippen LogP contribution is 2.60. The molecule has 1 aromatic heterocycles. The summed E-state index contributed by atoms with van der Waals surface area (Å²) in [4.78, 5) is 40.6. The molecule has 9 rings (SSSR count). The Labute approximate surface area is 257 Å². The summed E-state index contributed by atoms with van der Waals surface area (Å²) in [7, 11) is 0. The van der Waals surface area contributed by atoms with E-state index in [1.165, 1.54) is 36.0 Å². The van der Waals surface area contributed by atoms with Gasteiger partial charge in [-0.3, -0.25) is 19.8 Å². The Morgan fingerprint density at radius 1 is 1.02 bits per heavy atom. The second-order valence-corrected chi connectivity index (χ2v) is 14.2. The van der Waals surface area contributed by atoms with E-state index in [-0.39, 0.29) is 36.5 Å². The van der Waals surface area contributed by atoms with Gasteiger partial charge in [-0.05, 0) is 92.8 Å². The number of hydrogen-bond donors (Lipinski definition) is 2. The molecule has 3 aromatic rings. The first-order valence-electron chi connectivity index (χ1n) is 14.7. The average Bonchev–Trinajstić information content (AvgIpc) is 3.65. The van der Waals surface area contributed by atoms with Gasteiger partial charge >= 0.3 is 0 Å². The van der Waals surface area contributed by atoms with E-state index in [9.17, 15) is 14.4 Å². The first kappa shape index (κ1) is 26.8. The lowest BCUT2D eigenvalue weighted by Gasteiger charge is -2.55. The van der Waals surface area contributed by atoms with E-state index in [4.69, 9.17) is 21.7 Å². The fraction of sp³-hybridized carbons (Fsp3) is 0.375. The normalized spacial score (nSPS) is 27.9. The van der Waals surface area contributed by atoms with Gasteiger partial charge in [0.1, 0.15) is 6.54 Å². The molecule has 4 aliphatic carbocycles. The summed E-state index contributed by atoms with van der Waals surface area (Å²) < 4.78 is 12.9. The maximum Gasteiger partial charge on any atom is 0.285 e.